The van der Waals surface area contributed by atoms with E-state index in [1.807, 2.05) is 30.3 Å². The molecule has 7 heteroatoms. The highest BCUT2D eigenvalue weighted by Crippen LogP contribution is 2.37. The average molecular weight is 415 g/mol. The number of benzene rings is 2. The molecule has 2 aromatic carbocycles. The van der Waals surface area contributed by atoms with E-state index in [9.17, 15) is 18.2 Å². The Morgan fingerprint density at radius 3 is 2.38 bits per heavy atom. The summed E-state index contributed by atoms with van der Waals surface area (Å²) in [5, 5.41) is 0. The van der Waals surface area contributed by atoms with Crippen molar-refractivity contribution in [1.82, 2.24) is 4.90 Å². The number of hydrogen-bond donors (Lipinski definition) is 0. The number of amides is 2. The fraction of sp³-hybridized carbons (Fsp3) is 0.273. The van der Waals surface area contributed by atoms with Gasteiger partial charge < -0.3 is 4.90 Å². The molecule has 2 aromatic rings. The zero-order valence-corrected chi connectivity index (χ0v) is 17.0. The van der Waals surface area contributed by atoms with E-state index in [2.05, 4.69) is 10.9 Å². The van der Waals surface area contributed by atoms with Crippen molar-refractivity contribution in [3.05, 3.63) is 78.6 Å². The highest BCUT2D eigenvalue weighted by molar-refractivity contribution is 7.93. The first kappa shape index (κ1) is 20.9. The third-order valence-corrected chi connectivity index (χ3v) is 6.97. The van der Waals surface area contributed by atoms with Crippen LogP contribution in [-0.2, 0) is 24.7 Å². The monoisotopic (exact) mass is 414 g/mol. The molecule has 0 aliphatic carbocycles. The first-order chi connectivity index (χ1) is 13.8. The van der Waals surface area contributed by atoms with E-state index in [1.54, 1.807) is 4.90 Å². The lowest BCUT2D eigenvalue weighted by Crippen LogP contribution is -2.48. The van der Waals surface area contributed by atoms with Crippen molar-refractivity contribution in [2.45, 2.75) is 23.2 Å². The number of piperidine rings is 1. The van der Waals surface area contributed by atoms with Gasteiger partial charge in [-0.15, -0.1) is 0 Å². The molecule has 1 atom stereocenters. The average Bonchev–Trinajstić information content (AvgIpc) is 2.73. The summed E-state index contributed by atoms with van der Waals surface area (Å²) < 4.78 is 30.8. The Morgan fingerprint density at radius 1 is 1.14 bits per heavy atom. The highest BCUT2D eigenvalue weighted by atomic mass is 32.2. The van der Waals surface area contributed by atoms with Crippen LogP contribution >= 0.6 is 0 Å². The van der Waals surface area contributed by atoms with Gasteiger partial charge in [-0.25, -0.2) is 8.60 Å². The van der Waals surface area contributed by atoms with Gasteiger partial charge in [-0.1, -0.05) is 43.0 Å². The number of halogens is 1. The molecule has 0 saturated carbocycles. The summed E-state index contributed by atoms with van der Waals surface area (Å²) in [6, 6.07) is 14.5. The largest absolute Gasteiger partial charge is 0.339 e. The van der Waals surface area contributed by atoms with Crippen molar-refractivity contribution < 1.29 is 18.2 Å². The topological polar surface area (TPSA) is 66.8 Å². The molecular weight excluding hydrogens is 391 g/mol. The summed E-state index contributed by atoms with van der Waals surface area (Å²) in [7, 11) is -3.12. The number of nitrogens with zero attached hydrogens (tertiary/aromatic N) is 2. The number of rotatable bonds is 4. The number of carbonyl (C=O) groups is 2. The molecule has 1 saturated heterocycles. The molecule has 1 fully saturated rings. The molecule has 29 heavy (non-hydrogen) atoms. The van der Waals surface area contributed by atoms with Gasteiger partial charge in [0.1, 0.15) is 5.82 Å². The van der Waals surface area contributed by atoms with Crippen LogP contribution in [0.3, 0.4) is 0 Å². The minimum Gasteiger partial charge on any atom is -0.339 e. The quantitative estimate of drug-likeness (QED) is 0.719. The summed E-state index contributed by atoms with van der Waals surface area (Å²) >= 11 is 0. The second kappa shape index (κ2) is 8.29. The fourth-order valence-electron chi connectivity index (χ4n) is 3.62. The molecule has 1 aliphatic rings. The van der Waals surface area contributed by atoms with E-state index in [0.29, 0.717) is 25.9 Å². The van der Waals surface area contributed by atoms with Crippen molar-refractivity contribution in [3.8, 4) is 0 Å². The first-order valence-electron chi connectivity index (χ1n) is 9.27. The molecule has 152 valence electrons. The van der Waals surface area contributed by atoms with Crippen molar-refractivity contribution in [2.75, 3.05) is 19.3 Å². The number of hydrogen-bond acceptors (Lipinski definition) is 3. The predicted octanol–water partition coefficient (Wildman–Crippen LogP) is 3.56. The smallest absolute Gasteiger partial charge is 0.264 e. The Kier molecular flexibility index (Phi) is 5.98. The summed E-state index contributed by atoms with van der Waals surface area (Å²) in [6.45, 7) is 4.24. The van der Waals surface area contributed by atoms with Gasteiger partial charge in [-0.2, -0.15) is 4.36 Å². The van der Waals surface area contributed by atoms with E-state index < -0.39 is 26.9 Å². The SMILES string of the molecule is C=CC(=O)N1CCC(C(=O)N=S(C)(=O)c2cccc(F)c2)(c2ccccc2)CC1. The van der Waals surface area contributed by atoms with Crippen LogP contribution in [0, 0.1) is 5.82 Å². The minimum absolute atomic E-state index is 0.174. The van der Waals surface area contributed by atoms with Gasteiger partial charge >= 0.3 is 0 Å². The number of carbonyl (C=O) groups excluding carboxylic acids is 2. The van der Waals surface area contributed by atoms with Crippen LogP contribution in [0.25, 0.3) is 0 Å². The molecule has 1 aliphatic heterocycles. The molecule has 2 amide bonds. The third kappa shape index (κ3) is 4.29. The van der Waals surface area contributed by atoms with E-state index in [-0.39, 0.29) is 10.8 Å². The Hall–Kier alpha value is -2.80. The zero-order valence-electron chi connectivity index (χ0n) is 16.2. The second-order valence-corrected chi connectivity index (χ2v) is 9.39. The molecular formula is C22H23FN2O3S. The molecule has 0 bridgehead atoms. The maximum absolute atomic E-state index is 13.6. The molecule has 1 heterocycles. The second-order valence-electron chi connectivity index (χ2n) is 7.13. The summed E-state index contributed by atoms with van der Waals surface area (Å²) in [6.07, 6.45) is 3.31. The van der Waals surface area contributed by atoms with Crippen LogP contribution in [0.5, 0.6) is 0 Å². The molecule has 0 radical (unpaired) electrons. The Bertz CT molecular complexity index is 1050. The van der Waals surface area contributed by atoms with Crippen LogP contribution in [-0.4, -0.2) is 40.3 Å². The predicted molar refractivity (Wildman–Crippen MR) is 110 cm³/mol. The maximum atomic E-state index is 13.6. The van der Waals surface area contributed by atoms with Crippen LogP contribution < -0.4 is 0 Å². The molecule has 0 N–H and O–H groups in total. The molecule has 0 aromatic heterocycles. The zero-order chi connectivity index (χ0) is 21.1. The van der Waals surface area contributed by atoms with E-state index >= 15 is 0 Å². The maximum Gasteiger partial charge on any atom is 0.264 e. The van der Waals surface area contributed by atoms with Crippen LogP contribution in [0.15, 0.2) is 76.5 Å². The van der Waals surface area contributed by atoms with Gasteiger partial charge in [-0.05, 0) is 42.7 Å². The fourth-order valence-corrected chi connectivity index (χ4v) is 4.88. The highest BCUT2D eigenvalue weighted by Gasteiger charge is 2.44. The van der Waals surface area contributed by atoms with Crippen molar-refractivity contribution in [3.63, 3.8) is 0 Å². The molecule has 1 unspecified atom stereocenters. The van der Waals surface area contributed by atoms with Gasteiger partial charge in [0.05, 0.1) is 20.0 Å². The van der Waals surface area contributed by atoms with Crippen molar-refractivity contribution >= 4 is 21.5 Å². The van der Waals surface area contributed by atoms with Gasteiger partial charge in [0.25, 0.3) is 5.91 Å². The van der Waals surface area contributed by atoms with Crippen molar-refractivity contribution in [1.29, 1.82) is 0 Å². The Morgan fingerprint density at radius 2 is 1.79 bits per heavy atom. The third-order valence-electron chi connectivity index (χ3n) is 5.33. The Balaban J connectivity index is 2.02. The Labute approximate surface area is 170 Å². The van der Waals surface area contributed by atoms with Gasteiger partial charge in [-0.3, -0.25) is 9.59 Å². The minimum atomic E-state index is -3.12. The lowest BCUT2D eigenvalue weighted by Gasteiger charge is -2.39. The normalized spacial score (nSPS) is 17.8. The molecule has 5 nitrogen and oxygen atoms in total. The van der Waals surface area contributed by atoms with Crippen LogP contribution in [0.4, 0.5) is 4.39 Å². The van der Waals surface area contributed by atoms with Crippen LogP contribution in [0.2, 0.25) is 0 Å². The molecule has 0 spiro atoms. The van der Waals surface area contributed by atoms with Gasteiger partial charge in [0.15, 0.2) is 0 Å². The van der Waals surface area contributed by atoms with Crippen molar-refractivity contribution in [2.24, 2.45) is 4.36 Å². The van der Waals surface area contributed by atoms with E-state index in [4.69, 9.17) is 0 Å². The van der Waals surface area contributed by atoms with Crippen LogP contribution in [0.1, 0.15) is 18.4 Å². The van der Waals surface area contributed by atoms with Gasteiger partial charge in [0, 0.05) is 19.3 Å². The summed E-state index contributed by atoms with van der Waals surface area (Å²) in [5.41, 5.74) is -0.209. The first-order valence-corrected chi connectivity index (χ1v) is 11.2. The lowest BCUT2D eigenvalue weighted by molar-refractivity contribution is -0.132. The lowest BCUT2D eigenvalue weighted by atomic mass is 9.72. The summed E-state index contributed by atoms with van der Waals surface area (Å²) in [4.78, 5) is 27.1. The standard InChI is InChI=1S/C22H23FN2O3S/c1-3-20(26)25-14-12-22(13-15-25,17-8-5-4-6-9-17)21(27)24-29(2,28)19-11-7-10-18(23)16-19/h3-11,16H,1,12-15H2,2H3. The summed E-state index contributed by atoms with van der Waals surface area (Å²) in [5.74, 6) is -1.23. The van der Waals surface area contributed by atoms with E-state index in [0.717, 1.165) is 11.6 Å². The van der Waals surface area contributed by atoms with Gasteiger partial charge in [0.2, 0.25) is 5.91 Å². The van der Waals surface area contributed by atoms with E-state index in [1.165, 1.54) is 30.5 Å². The number of likely N-dealkylation sites (tertiary alicyclic amines) is 1. The molecule has 3 rings (SSSR count).